The van der Waals surface area contributed by atoms with Gasteiger partial charge in [0.25, 0.3) is 0 Å². The molecule has 1 rings (SSSR count). The highest BCUT2D eigenvalue weighted by molar-refractivity contribution is 8.93. The average Bonchev–Trinajstić information content (AvgIpc) is 2.55. The van der Waals surface area contributed by atoms with Gasteiger partial charge in [0.05, 0.1) is 39.8 Å². The fraction of sp³-hybridized carbons (Fsp3) is 0.588. The fourth-order valence-electron chi connectivity index (χ4n) is 1.87. The Kier molecular flexibility index (Phi) is 14.0. The van der Waals surface area contributed by atoms with Gasteiger partial charge in [-0.3, -0.25) is 0 Å². The number of hydrogen-bond donors (Lipinski definition) is 1. The molecule has 0 radical (unpaired) electrons. The zero-order valence-corrected chi connectivity index (χ0v) is 16.3. The molecule has 0 saturated carbocycles. The van der Waals surface area contributed by atoms with Crippen LogP contribution >= 0.6 is 17.0 Å². The molecular formula is C17H30BrNO4. The zero-order valence-electron chi connectivity index (χ0n) is 14.6. The molecule has 0 aliphatic carbocycles. The van der Waals surface area contributed by atoms with Crippen LogP contribution in [0.25, 0.3) is 0 Å². The van der Waals surface area contributed by atoms with Crippen molar-refractivity contribution in [2.24, 2.45) is 0 Å². The van der Waals surface area contributed by atoms with Gasteiger partial charge in [0.15, 0.2) is 0 Å². The highest BCUT2D eigenvalue weighted by Gasteiger charge is 2.14. The van der Waals surface area contributed by atoms with Gasteiger partial charge in [0.1, 0.15) is 5.75 Å². The Bertz CT molecular complexity index is 419. The number of benzene rings is 1. The number of methoxy groups -OCH3 is 1. The number of ether oxygens (including phenoxy) is 1. The normalized spacial score (nSPS) is 10.1. The summed E-state index contributed by atoms with van der Waals surface area (Å²) < 4.78 is 5.97. The van der Waals surface area contributed by atoms with E-state index in [2.05, 4.69) is 20.9 Å². The summed E-state index contributed by atoms with van der Waals surface area (Å²) in [6, 6.07) is 6.03. The summed E-state index contributed by atoms with van der Waals surface area (Å²) in [5.74, 6) is -0.539. The van der Waals surface area contributed by atoms with Crippen LogP contribution in [0, 0.1) is 0 Å². The molecule has 1 aromatic rings. The third-order valence-corrected chi connectivity index (χ3v) is 3.96. The molecule has 0 bridgehead atoms. The first-order valence-electron chi connectivity index (χ1n) is 7.72. The maximum atomic E-state index is 10.2. The molecule has 0 spiro atoms. The maximum absolute atomic E-state index is 10.2. The van der Waals surface area contributed by atoms with E-state index in [0.29, 0.717) is 12.4 Å². The number of carbonyl (C=O) groups is 1. The van der Waals surface area contributed by atoms with E-state index in [-0.39, 0.29) is 22.5 Å². The fourth-order valence-corrected chi connectivity index (χ4v) is 1.87. The SMILES string of the molecule is Br.CC[N+](C)(CC)CCCCO.COc1ccc(C(=O)[O-])cc1. The summed E-state index contributed by atoms with van der Waals surface area (Å²) in [5.41, 5.74) is 0.158. The minimum atomic E-state index is -1.17. The Morgan fingerprint density at radius 2 is 1.70 bits per heavy atom. The van der Waals surface area contributed by atoms with Crippen molar-refractivity contribution < 1.29 is 24.2 Å². The molecule has 134 valence electrons. The average molecular weight is 392 g/mol. The molecule has 6 heteroatoms. The van der Waals surface area contributed by atoms with E-state index in [1.54, 1.807) is 12.1 Å². The predicted molar refractivity (Wildman–Crippen MR) is 96.1 cm³/mol. The van der Waals surface area contributed by atoms with Crippen LogP contribution in [0.3, 0.4) is 0 Å². The van der Waals surface area contributed by atoms with Crippen LogP contribution in [0.2, 0.25) is 0 Å². The van der Waals surface area contributed by atoms with Crippen LogP contribution in [0.1, 0.15) is 37.0 Å². The molecule has 5 nitrogen and oxygen atoms in total. The zero-order chi connectivity index (χ0) is 17.0. The lowest BCUT2D eigenvalue weighted by Crippen LogP contribution is -2.44. The second-order valence-corrected chi connectivity index (χ2v) is 5.42. The number of unbranched alkanes of at least 4 members (excludes halogenated alkanes) is 1. The topological polar surface area (TPSA) is 69.6 Å². The summed E-state index contributed by atoms with van der Waals surface area (Å²) in [4.78, 5) is 10.2. The molecule has 0 saturated heterocycles. The van der Waals surface area contributed by atoms with E-state index in [9.17, 15) is 9.90 Å². The molecular weight excluding hydrogens is 362 g/mol. The highest BCUT2D eigenvalue weighted by atomic mass is 79.9. The van der Waals surface area contributed by atoms with E-state index in [4.69, 9.17) is 9.84 Å². The minimum absolute atomic E-state index is 0. The smallest absolute Gasteiger partial charge is 0.118 e. The standard InChI is InChI=1S/C9H22NO.C8H8O3.BrH/c1-4-10(3,5-2)8-6-7-9-11;1-11-7-4-2-6(3-5-7)8(9)10;/h11H,4-9H2,1-3H3;2-5H,1H3,(H,9,10);1H/q+1;;/p-1. The molecule has 1 aromatic carbocycles. The van der Waals surface area contributed by atoms with Crippen molar-refractivity contribution in [1.82, 2.24) is 0 Å². The Morgan fingerprint density at radius 1 is 1.17 bits per heavy atom. The predicted octanol–water partition coefficient (Wildman–Crippen LogP) is 1.88. The van der Waals surface area contributed by atoms with Crippen LogP contribution < -0.4 is 9.84 Å². The summed E-state index contributed by atoms with van der Waals surface area (Å²) in [6.45, 7) is 8.38. The van der Waals surface area contributed by atoms with Crippen molar-refractivity contribution >= 4 is 23.0 Å². The second-order valence-electron chi connectivity index (χ2n) is 5.42. The third-order valence-electron chi connectivity index (χ3n) is 3.96. The number of aliphatic hydroxyl groups is 1. The number of quaternary nitrogens is 1. The number of hydrogen-bond acceptors (Lipinski definition) is 4. The monoisotopic (exact) mass is 391 g/mol. The summed E-state index contributed by atoms with van der Waals surface area (Å²) in [5, 5.41) is 18.9. The number of aliphatic hydroxyl groups excluding tert-OH is 1. The van der Waals surface area contributed by atoms with Gasteiger partial charge in [-0.1, -0.05) is 0 Å². The molecule has 0 aliphatic heterocycles. The van der Waals surface area contributed by atoms with Crippen molar-refractivity contribution in [2.75, 3.05) is 40.4 Å². The van der Waals surface area contributed by atoms with Crippen LogP contribution in [0.4, 0.5) is 0 Å². The van der Waals surface area contributed by atoms with Crippen LogP contribution in [-0.4, -0.2) is 56.0 Å². The lowest BCUT2D eigenvalue weighted by Gasteiger charge is -2.32. The van der Waals surface area contributed by atoms with Gasteiger partial charge in [-0.05, 0) is 56.5 Å². The summed E-state index contributed by atoms with van der Waals surface area (Å²) in [7, 11) is 3.80. The molecule has 0 aliphatic rings. The Hall–Kier alpha value is -1.11. The van der Waals surface area contributed by atoms with Crippen LogP contribution in [0.15, 0.2) is 24.3 Å². The lowest BCUT2D eigenvalue weighted by molar-refractivity contribution is -0.906. The van der Waals surface area contributed by atoms with Crippen molar-refractivity contribution in [3.8, 4) is 5.75 Å². The van der Waals surface area contributed by atoms with E-state index >= 15 is 0 Å². The van der Waals surface area contributed by atoms with E-state index in [1.165, 1.54) is 38.9 Å². The molecule has 0 heterocycles. The lowest BCUT2D eigenvalue weighted by atomic mass is 10.2. The number of carboxylic acid groups (broad SMARTS) is 1. The van der Waals surface area contributed by atoms with Gasteiger partial charge in [-0.2, -0.15) is 0 Å². The van der Waals surface area contributed by atoms with Crippen molar-refractivity contribution in [1.29, 1.82) is 0 Å². The quantitative estimate of drug-likeness (QED) is 0.542. The van der Waals surface area contributed by atoms with Crippen molar-refractivity contribution in [2.45, 2.75) is 26.7 Å². The molecule has 0 fully saturated rings. The number of nitrogens with zero attached hydrogens (tertiary/aromatic N) is 1. The van der Waals surface area contributed by atoms with E-state index in [0.717, 1.165) is 17.3 Å². The molecule has 23 heavy (non-hydrogen) atoms. The number of carbonyl (C=O) groups excluding carboxylic acids is 1. The summed E-state index contributed by atoms with van der Waals surface area (Å²) in [6.07, 6.45) is 2.10. The van der Waals surface area contributed by atoms with E-state index in [1.807, 2.05) is 0 Å². The van der Waals surface area contributed by atoms with Gasteiger partial charge >= 0.3 is 0 Å². The van der Waals surface area contributed by atoms with Gasteiger partial charge in [0.2, 0.25) is 0 Å². The third kappa shape index (κ3) is 10.3. The molecule has 0 amide bonds. The summed E-state index contributed by atoms with van der Waals surface area (Å²) >= 11 is 0. The maximum Gasteiger partial charge on any atom is 0.118 e. The Labute approximate surface area is 150 Å². The Morgan fingerprint density at radius 3 is 2.04 bits per heavy atom. The van der Waals surface area contributed by atoms with Gasteiger partial charge in [-0.15, -0.1) is 17.0 Å². The molecule has 0 atom stereocenters. The van der Waals surface area contributed by atoms with Crippen molar-refractivity contribution in [3.05, 3.63) is 29.8 Å². The highest BCUT2D eigenvalue weighted by Crippen LogP contribution is 2.10. The first-order valence-corrected chi connectivity index (χ1v) is 7.72. The van der Waals surface area contributed by atoms with Crippen molar-refractivity contribution in [3.63, 3.8) is 0 Å². The molecule has 1 N–H and O–H groups in total. The second kappa shape index (κ2) is 13.3. The Balaban J connectivity index is 0. The number of rotatable bonds is 8. The van der Waals surface area contributed by atoms with Crippen LogP contribution in [0.5, 0.6) is 5.75 Å². The van der Waals surface area contributed by atoms with Gasteiger partial charge < -0.3 is 24.2 Å². The van der Waals surface area contributed by atoms with Gasteiger partial charge in [0, 0.05) is 6.61 Å². The largest absolute Gasteiger partial charge is 0.545 e. The minimum Gasteiger partial charge on any atom is -0.545 e. The number of halogens is 1. The number of carboxylic acids is 1. The molecule has 0 unspecified atom stereocenters. The van der Waals surface area contributed by atoms with Gasteiger partial charge in [-0.25, -0.2) is 0 Å². The number of aromatic carboxylic acids is 1. The first kappa shape index (κ1) is 24.1. The first-order chi connectivity index (χ1) is 10.4. The molecule has 0 aromatic heterocycles. The van der Waals surface area contributed by atoms with E-state index < -0.39 is 5.97 Å². The van der Waals surface area contributed by atoms with Crippen LogP contribution in [-0.2, 0) is 0 Å².